The van der Waals surface area contributed by atoms with Gasteiger partial charge in [0.25, 0.3) is 5.91 Å². The number of carbonyl (C=O) groups is 1. The number of thioether (sulfide) groups is 1. The van der Waals surface area contributed by atoms with Crippen molar-refractivity contribution < 1.29 is 13.6 Å². The molecule has 0 atom stereocenters. The molecule has 1 fully saturated rings. The van der Waals surface area contributed by atoms with Crippen molar-refractivity contribution in [2.45, 2.75) is 19.3 Å². The molecule has 27 heavy (non-hydrogen) atoms. The van der Waals surface area contributed by atoms with Crippen LogP contribution in [0.15, 0.2) is 34.6 Å². The van der Waals surface area contributed by atoms with Gasteiger partial charge in [-0.1, -0.05) is 36.5 Å². The zero-order valence-electron chi connectivity index (χ0n) is 14.4. The van der Waals surface area contributed by atoms with Crippen molar-refractivity contribution in [2.75, 3.05) is 13.1 Å². The Labute approximate surface area is 170 Å². The van der Waals surface area contributed by atoms with Crippen molar-refractivity contribution in [3.05, 3.63) is 51.1 Å². The summed E-state index contributed by atoms with van der Waals surface area (Å²) in [5.74, 6) is -1.83. The Kier molecular flexibility index (Phi) is 6.75. The van der Waals surface area contributed by atoms with E-state index in [4.69, 9.17) is 18.0 Å². The second-order valence-corrected chi connectivity index (χ2v) is 8.67. The molecule has 1 amide bonds. The molecule has 2 N–H and O–H groups in total. The lowest BCUT2D eigenvalue weighted by Crippen LogP contribution is -2.29. The van der Waals surface area contributed by atoms with E-state index in [0.717, 1.165) is 35.8 Å². The number of thiocarbonyl (C=S) groups is 1. The van der Waals surface area contributed by atoms with Gasteiger partial charge >= 0.3 is 0 Å². The van der Waals surface area contributed by atoms with Gasteiger partial charge in [-0.2, -0.15) is 0 Å². The normalized spacial score (nSPS) is 16.0. The van der Waals surface area contributed by atoms with Crippen molar-refractivity contribution in [2.24, 2.45) is 5.73 Å². The van der Waals surface area contributed by atoms with Crippen molar-refractivity contribution in [3.8, 4) is 11.1 Å². The first kappa shape index (κ1) is 20.1. The minimum Gasteiger partial charge on any atom is -0.330 e. The van der Waals surface area contributed by atoms with Gasteiger partial charge in [0.15, 0.2) is 11.6 Å². The number of amides is 1. The van der Waals surface area contributed by atoms with Crippen molar-refractivity contribution in [1.29, 1.82) is 0 Å². The third kappa shape index (κ3) is 4.82. The van der Waals surface area contributed by atoms with Gasteiger partial charge in [0, 0.05) is 11.4 Å². The van der Waals surface area contributed by atoms with Crippen LogP contribution in [0, 0.1) is 11.6 Å². The van der Waals surface area contributed by atoms with Crippen LogP contribution in [-0.2, 0) is 4.79 Å². The van der Waals surface area contributed by atoms with E-state index < -0.39 is 11.6 Å². The largest absolute Gasteiger partial charge is 0.330 e. The highest BCUT2D eigenvalue weighted by molar-refractivity contribution is 8.26. The molecule has 1 aromatic carbocycles. The lowest BCUT2D eigenvalue weighted by molar-refractivity contribution is -0.122. The van der Waals surface area contributed by atoms with Crippen LogP contribution in [0.25, 0.3) is 17.2 Å². The number of hydrogen-bond donors (Lipinski definition) is 1. The fourth-order valence-electron chi connectivity index (χ4n) is 2.67. The fraction of sp³-hybridized carbons (Fsp3) is 0.263. The van der Waals surface area contributed by atoms with Crippen LogP contribution < -0.4 is 5.73 Å². The molecule has 1 aliphatic rings. The molecule has 0 saturated carbocycles. The number of unbranched alkanes of at least 4 members (excludes halogenated alkanes) is 2. The van der Waals surface area contributed by atoms with Crippen molar-refractivity contribution in [3.63, 3.8) is 0 Å². The molecular formula is C19H18F2N2OS3. The first-order valence-electron chi connectivity index (χ1n) is 8.49. The lowest BCUT2D eigenvalue weighted by Gasteiger charge is -2.13. The van der Waals surface area contributed by atoms with Gasteiger partial charge in [0.2, 0.25) is 0 Å². The maximum atomic E-state index is 13.4. The standard InChI is InChI=1S/C19H18F2N2OS3/c20-15-5-4-12(9-16(15)21)13-8-14(26-11-13)10-17-18(24)23(19(25)27-17)7-3-1-2-6-22/h4-5,8-11H,1-3,6-7,22H2. The molecule has 0 unspecified atom stereocenters. The molecule has 0 aliphatic carbocycles. The highest BCUT2D eigenvalue weighted by atomic mass is 32.2. The smallest absolute Gasteiger partial charge is 0.266 e. The fourth-order valence-corrected chi connectivity index (χ4v) is 4.89. The number of hydrogen-bond acceptors (Lipinski definition) is 5. The predicted octanol–water partition coefficient (Wildman–Crippen LogP) is 5.02. The van der Waals surface area contributed by atoms with Crippen LogP contribution in [0.3, 0.4) is 0 Å². The number of rotatable bonds is 7. The summed E-state index contributed by atoms with van der Waals surface area (Å²) in [7, 11) is 0. The maximum absolute atomic E-state index is 13.4. The topological polar surface area (TPSA) is 46.3 Å². The van der Waals surface area contributed by atoms with Crippen LogP contribution >= 0.6 is 35.3 Å². The number of halogens is 2. The second-order valence-electron chi connectivity index (χ2n) is 6.05. The molecule has 0 spiro atoms. The van der Waals surface area contributed by atoms with E-state index in [-0.39, 0.29) is 5.91 Å². The molecule has 142 valence electrons. The summed E-state index contributed by atoms with van der Waals surface area (Å²) in [5.41, 5.74) is 6.86. The van der Waals surface area contributed by atoms with E-state index in [1.165, 1.54) is 35.2 Å². The Balaban J connectivity index is 1.71. The zero-order valence-corrected chi connectivity index (χ0v) is 16.9. The van der Waals surface area contributed by atoms with Gasteiger partial charge in [-0.15, -0.1) is 11.3 Å². The van der Waals surface area contributed by atoms with E-state index >= 15 is 0 Å². The minimum atomic E-state index is -0.879. The number of carbonyl (C=O) groups excluding carboxylic acids is 1. The van der Waals surface area contributed by atoms with Gasteiger partial charge < -0.3 is 5.73 Å². The summed E-state index contributed by atoms with van der Waals surface area (Å²) >= 11 is 8.05. The maximum Gasteiger partial charge on any atom is 0.266 e. The monoisotopic (exact) mass is 424 g/mol. The predicted molar refractivity (Wildman–Crippen MR) is 112 cm³/mol. The molecule has 3 rings (SSSR count). The Morgan fingerprint density at radius 2 is 1.93 bits per heavy atom. The summed E-state index contributed by atoms with van der Waals surface area (Å²) in [6, 6.07) is 5.66. The molecule has 1 aromatic heterocycles. The molecule has 2 aromatic rings. The highest BCUT2D eigenvalue weighted by Gasteiger charge is 2.31. The van der Waals surface area contributed by atoms with Crippen LogP contribution in [0.2, 0.25) is 0 Å². The average molecular weight is 425 g/mol. The van der Waals surface area contributed by atoms with Crippen molar-refractivity contribution >= 4 is 51.6 Å². The molecule has 0 bridgehead atoms. The molecule has 1 aliphatic heterocycles. The lowest BCUT2D eigenvalue weighted by atomic mass is 10.1. The first-order valence-corrected chi connectivity index (χ1v) is 10.6. The Morgan fingerprint density at radius 3 is 2.67 bits per heavy atom. The second kappa shape index (κ2) is 9.05. The van der Waals surface area contributed by atoms with Gasteiger partial charge in [-0.3, -0.25) is 9.69 Å². The molecule has 3 nitrogen and oxygen atoms in total. The zero-order chi connectivity index (χ0) is 19.4. The van der Waals surface area contributed by atoms with Gasteiger partial charge in [0.1, 0.15) is 4.32 Å². The van der Waals surface area contributed by atoms with E-state index in [1.54, 1.807) is 11.0 Å². The number of nitrogens with zero attached hydrogens (tertiary/aromatic N) is 1. The number of benzene rings is 1. The first-order chi connectivity index (χ1) is 13.0. The minimum absolute atomic E-state index is 0.0828. The van der Waals surface area contributed by atoms with Crippen LogP contribution in [0.1, 0.15) is 24.1 Å². The summed E-state index contributed by atoms with van der Waals surface area (Å²) in [5, 5.41) is 1.85. The van der Waals surface area contributed by atoms with E-state index in [1.807, 2.05) is 11.4 Å². The Bertz CT molecular complexity index is 895. The van der Waals surface area contributed by atoms with Crippen LogP contribution in [0.4, 0.5) is 8.78 Å². The van der Waals surface area contributed by atoms with Crippen molar-refractivity contribution in [1.82, 2.24) is 4.90 Å². The number of thiophene rings is 1. The third-order valence-corrected chi connectivity index (χ3v) is 6.36. The molecule has 1 saturated heterocycles. The van der Waals surface area contributed by atoms with Gasteiger partial charge in [-0.25, -0.2) is 8.78 Å². The summed E-state index contributed by atoms with van der Waals surface area (Å²) in [6.45, 7) is 1.25. The molecule has 0 radical (unpaired) electrons. The summed E-state index contributed by atoms with van der Waals surface area (Å²) in [6.07, 6.45) is 4.57. The Hall–Kier alpha value is -1.61. The highest BCUT2D eigenvalue weighted by Crippen LogP contribution is 2.35. The molecule has 8 heteroatoms. The van der Waals surface area contributed by atoms with Gasteiger partial charge in [0.05, 0.1) is 4.91 Å². The van der Waals surface area contributed by atoms with E-state index in [9.17, 15) is 13.6 Å². The van der Waals surface area contributed by atoms with Crippen LogP contribution in [-0.4, -0.2) is 28.2 Å². The quantitative estimate of drug-likeness (QED) is 0.385. The third-order valence-electron chi connectivity index (χ3n) is 4.11. The van der Waals surface area contributed by atoms with Gasteiger partial charge in [-0.05, 0) is 60.2 Å². The SMILES string of the molecule is NCCCCCN1C(=O)C(=Cc2cc(-c3ccc(F)c(F)c3)cs2)SC1=S. The Morgan fingerprint density at radius 1 is 1.11 bits per heavy atom. The number of nitrogens with two attached hydrogens (primary N) is 1. The van der Waals surface area contributed by atoms with Crippen LogP contribution in [0.5, 0.6) is 0 Å². The average Bonchev–Trinajstić information content (AvgIpc) is 3.21. The summed E-state index contributed by atoms with van der Waals surface area (Å²) in [4.78, 5) is 15.7. The van der Waals surface area contributed by atoms with E-state index in [2.05, 4.69) is 0 Å². The molecular weight excluding hydrogens is 406 g/mol. The van der Waals surface area contributed by atoms with E-state index in [0.29, 0.717) is 27.9 Å². The summed E-state index contributed by atoms with van der Waals surface area (Å²) < 4.78 is 27.1. The molecule has 2 heterocycles.